The molecule has 5 nitrogen and oxygen atoms in total. The van der Waals surface area contributed by atoms with E-state index in [1.54, 1.807) is 7.11 Å². The first kappa shape index (κ1) is 18.7. The van der Waals surface area contributed by atoms with Crippen LogP contribution in [0.15, 0.2) is 42.6 Å². The van der Waals surface area contributed by atoms with E-state index in [-0.39, 0.29) is 5.91 Å². The van der Waals surface area contributed by atoms with Gasteiger partial charge in [0.25, 0.3) is 0 Å². The van der Waals surface area contributed by atoms with E-state index in [1.165, 1.54) is 0 Å². The summed E-state index contributed by atoms with van der Waals surface area (Å²) in [5.74, 6) is 0.942. The van der Waals surface area contributed by atoms with Gasteiger partial charge in [-0.05, 0) is 30.2 Å². The van der Waals surface area contributed by atoms with Gasteiger partial charge in [0.2, 0.25) is 5.91 Å². The number of benzene rings is 2. The minimum absolute atomic E-state index is 0.170. The summed E-state index contributed by atoms with van der Waals surface area (Å²) in [6.07, 6.45) is 2.37. The Balaban J connectivity index is 1.43. The molecule has 1 aliphatic heterocycles. The Bertz CT molecular complexity index is 1010. The van der Waals surface area contributed by atoms with Gasteiger partial charge in [0.1, 0.15) is 5.75 Å². The summed E-state index contributed by atoms with van der Waals surface area (Å²) in [5, 5.41) is 1.82. The summed E-state index contributed by atoms with van der Waals surface area (Å²) in [4.78, 5) is 20.3. The van der Waals surface area contributed by atoms with Crippen LogP contribution in [0.5, 0.6) is 5.75 Å². The topological polar surface area (TPSA) is 48.6 Å². The highest BCUT2D eigenvalue weighted by molar-refractivity contribution is 6.31. The van der Waals surface area contributed by atoms with Gasteiger partial charge in [0.15, 0.2) is 0 Å². The zero-order valence-electron chi connectivity index (χ0n) is 16.2. The summed E-state index contributed by atoms with van der Waals surface area (Å²) >= 11 is 6.22. The van der Waals surface area contributed by atoms with Crippen LogP contribution in [-0.2, 0) is 11.2 Å². The Morgan fingerprint density at radius 3 is 2.68 bits per heavy atom. The average Bonchev–Trinajstić information content (AvgIpc) is 3.12. The molecule has 1 N–H and O–H groups in total. The lowest BCUT2D eigenvalue weighted by atomic mass is 10.1. The number of fused-ring (bicyclic) bond motifs is 1. The van der Waals surface area contributed by atoms with Gasteiger partial charge in [0, 0.05) is 54.4 Å². The Hall–Kier alpha value is -2.66. The zero-order chi connectivity index (χ0) is 19.7. The van der Waals surface area contributed by atoms with Gasteiger partial charge in [0.05, 0.1) is 19.2 Å². The highest BCUT2D eigenvalue weighted by Gasteiger charge is 2.24. The fraction of sp³-hybridized carbons (Fsp3) is 0.318. The van der Waals surface area contributed by atoms with E-state index in [0.717, 1.165) is 46.6 Å². The van der Waals surface area contributed by atoms with Crippen LogP contribution in [0.1, 0.15) is 11.1 Å². The third-order valence-electron chi connectivity index (χ3n) is 5.45. The van der Waals surface area contributed by atoms with Crippen molar-refractivity contribution in [2.75, 3.05) is 38.2 Å². The molecule has 3 aromatic rings. The Morgan fingerprint density at radius 2 is 1.93 bits per heavy atom. The minimum Gasteiger partial charge on any atom is -0.495 e. The lowest BCUT2D eigenvalue weighted by Crippen LogP contribution is -2.49. The van der Waals surface area contributed by atoms with Crippen LogP contribution in [0, 0.1) is 6.92 Å². The number of carbonyl (C=O) groups excluding carboxylic acids is 1. The number of hydrogen-bond donors (Lipinski definition) is 1. The van der Waals surface area contributed by atoms with E-state index < -0.39 is 0 Å². The normalized spacial score (nSPS) is 14.5. The molecule has 0 radical (unpaired) electrons. The van der Waals surface area contributed by atoms with E-state index in [0.29, 0.717) is 24.5 Å². The van der Waals surface area contributed by atoms with Crippen molar-refractivity contribution in [3.63, 3.8) is 0 Å². The number of aromatic nitrogens is 1. The van der Waals surface area contributed by atoms with Crippen LogP contribution in [0.3, 0.4) is 0 Å². The van der Waals surface area contributed by atoms with Crippen molar-refractivity contribution in [1.82, 2.24) is 9.88 Å². The van der Waals surface area contributed by atoms with E-state index in [2.05, 4.69) is 22.0 Å². The Labute approximate surface area is 169 Å². The van der Waals surface area contributed by atoms with Crippen molar-refractivity contribution in [2.45, 2.75) is 13.3 Å². The molecule has 0 unspecified atom stereocenters. The number of ether oxygens (including phenoxy) is 1. The van der Waals surface area contributed by atoms with Crippen molar-refractivity contribution in [3.8, 4) is 5.75 Å². The third kappa shape index (κ3) is 3.54. The fourth-order valence-electron chi connectivity index (χ4n) is 3.81. The molecular weight excluding hydrogens is 374 g/mol. The molecule has 0 atom stereocenters. The largest absolute Gasteiger partial charge is 0.495 e. The number of aromatic amines is 1. The molecule has 4 rings (SSSR count). The molecule has 1 saturated heterocycles. The van der Waals surface area contributed by atoms with Gasteiger partial charge < -0.3 is 19.5 Å². The van der Waals surface area contributed by atoms with Crippen LogP contribution >= 0.6 is 11.6 Å². The number of aryl methyl sites for hydroxylation is 1. The molecule has 0 saturated carbocycles. The molecule has 6 heteroatoms. The van der Waals surface area contributed by atoms with Crippen molar-refractivity contribution in [1.29, 1.82) is 0 Å². The molecule has 1 aromatic heterocycles. The quantitative estimate of drug-likeness (QED) is 0.723. The first-order valence-electron chi connectivity index (χ1n) is 9.48. The minimum atomic E-state index is 0.170. The number of carbonyl (C=O) groups is 1. The van der Waals surface area contributed by atoms with Crippen molar-refractivity contribution < 1.29 is 9.53 Å². The van der Waals surface area contributed by atoms with E-state index in [1.807, 2.05) is 42.3 Å². The van der Waals surface area contributed by atoms with Crippen molar-refractivity contribution in [3.05, 3.63) is 58.7 Å². The summed E-state index contributed by atoms with van der Waals surface area (Å²) in [7, 11) is 1.66. The maximum Gasteiger partial charge on any atom is 0.227 e. The van der Waals surface area contributed by atoms with Gasteiger partial charge in [-0.2, -0.15) is 0 Å². The highest BCUT2D eigenvalue weighted by atomic mass is 35.5. The lowest BCUT2D eigenvalue weighted by molar-refractivity contribution is -0.130. The maximum absolute atomic E-state index is 12.8. The fourth-order valence-corrected chi connectivity index (χ4v) is 3.96. The van der Waals surface area contributed by atoms with Crippen LogP contribution < -0.4 is 9.64 Å². The molecular formula is C22H24ClN3O2. The molecule has 1 aliphatic rings. The van der Waals surface area contributed by atoms with E-state index >= 15 is 0 Å². The SMILES string of the molecule is COc1cc(Cl)c(C)cc1N1CCN(C(=O)Cc2c[nH]c3ccccc23)CC1. The average molecular weight is 398 g/mol. The van der Waals surface area contributed by atoms with Crippen LogP contribution in [0.25, 0.3) is 10.9 Å². The van der Waals surface area contributed by atoms with Gasteiger partial charge in [-0.15, -0.1) is 0 Å². The number of para-hydroxylation sites is 1. The summed E-state index contributed by atoms with van der Waals surface area (Å²) in [6, 6.07) is 12.0. The summed E-state index contributed by atoms with van der Waals surface area (Å²) in [5.41, 5.74) is 4.18. The zero-order valence-corrected chi connectivity index (χ0v) is 16.9. The molecule has 0 aliphatic carbocycles. The first-order valence-corrected chi connectivity index (χ1v) is 9.86. The van der Waals surface area contributed by atoms with E-state index in [9.17, 15) is 4.79 Å². The lowest BCUT2D eigenvalue weighted by Gasteiger charge is -2.37. The molecule has 1 fully saturated rings. The maximum atomic E-state index is 12.8. The molecule has 28 heavy (non-hydrogen) atoms. The molecule has 0 bridgehead atoms. The summed E-state index contributed by atoms with van der Waals surface area (Å²) in [6.45, 7) is 4.94. The van der Waals surface area contributed by atoms with Gasteiger partial charge >= 0.3 is 0 Å². The second-order valence-electron chi connectivity index (χ2n) is 7.18. The van der Waals surface area contributed by atoms with Crippen LogP contribution in [0.4, 0.5) is 5.69 Å². The molecule has 2 heterocycles. The number of amides is 1. The number of nitrogens with one attached hydrogen (secondary N) is 1. The second-order valence-corrected chi connectivity index (χ2v) is 7.58. The predicted octanol–water partition coefficient (Wildman–Crippen LogP) is 4.03. The standard InChI is InChI=1S/C22H24ClN3O2/c1-15-11-20(21(28-2)13-18(15)23)25-7-9-26(10-8-25)22(27)12-16-14-24-19-6-4-3-5-17(16)19/h3-6,11,13-14,24H,7-10,12H2,1-2H3. The Kier molecular flexibility index (Phi) is 5.18. The third-order valence-corrected chi connectivity index (χ3v) is 5.86. The number of methoxy groups -OCH3 is 1. The highest BCUT2D eigenvalue weighted by Crippen LogP contribution is 2.34. The van der Waals surface area contributed by atoms with Gasteiger partial charge in [-0.1, -0.05) is 29.8 Å². The summed E-state index contributed by atoms with van der Waals surface area (Å²) < 4.78 is 5.51. The monoisotopic (exact) mass is 397 g/mol. The number of halogens is 1. The number of H-pyrrole nitrogens is 1. The van der Waals surface area contributed by atoms with Crippen LogP contribution in [-0.4, -0.2) is 49.1 Å². The van der Waals surface area contributed by atoms with Gasteiger partial charge in [-0.25, -0.2) is 0 Å². The number of anilines is 1. The molecule has 146 valence electrons. The predicted molar refractivity (Wildman–Crippen MR) is 114 cm³/mol. The number of hydrogen-bond acceptors (Lipinski definition) is 3. The van der Waals surface area contributed by atoms with E-state index in [4.69, 9.17) is 16.3 Å². The van der Waals surface area contributed by atoms with Crippen molar-refractivity contribution in [2.24, 2.45) is 0 Å². The Morgan fingerprint density at radius 1 is 1.18 bits per heavy atom. The number of rotatable bonds is 4. The number of nitrogens with zero attached hydrogens (tertiary/aromatic N) is 2. The number of piperazine rings is 1. The smallest absolute Gasteiger partial charge is 0.227 e. The van der Waals surface area contributed by atoms with Gasteiger partial charge in [-0.3, -0.25) is 4.79 Å². The van der Waals surface area contributed by atoms with Crippen molar-refractivity contribution >= 4 is 34.1 Å². The van der Waals surface area contributed by atoms with Crippen LogP contribution in [0.2, 0.25) is 5.02 Å². The molecule has 0 spiro atoms. The molecule has 2 aromatic carbocycles. The molecule has 1 amide bonds. The second kappa shape index (κ2) is 7.76. The first-order chi connectivity index (χ1) is 13.6.